The lowest BCUT2D eigenvalue weighted by Crippen LogP contribution is -2.39. The average Bonchev–Trinajstić information content (AvgIpc) is 3.04. The number of fused-ring (bicyclic) bond motifs is 1. The van der Waals surface area contributed by atoms with Crippen molar-refractivity contribution in [1.82, 2.24) is 9.21 Å². The Labute approximate surface area is 124 Å². The Balaban J connectivity index is 1.82. The summed E-state index contributed by atoms with van der Waals surface area (Å²) in [5.41, 5.74) is 6.47. The highest BCUT2D eigenvalue weighted by molar-refractivity contribution is 7.91. The van der Waals surface area contributed by atoms with Crippen molar-refractivity contribution in [3.8, 4) is 0 Å². The SMILES string of the molecule is NCc1csc(S(=O)(=O)N2CCCN3CCCC3C2)c1. The van der Waals surface area contributed by atoms with E-state index >= 15 is 0 Å². The normalized spacial score (nSPS) is 25.6. The second kappa shape index (κ2) is 5.73. The van der Waals surface area contributed by atoms with Crippen LogP contribution >= 0.6 is 11.3 Å². The van der Waals surface area contributed by atoms with Crippen molar-refractivity contribution in [2.75, 3.05) is 26.2 Å². The Hall–Kier alpha value is -0.470. The lowest BCUT2D eigenvalue weighted by molar-refractivity contribution is 0.257. The zero-order valence-corrected chi connectivity index (χ0v) is 13.1. The summed E-state index contributed by atoms with van der Waals surface area (Å²) in [6.07, 6.45) is 3.23. The second-order valence-corrected chi connectivity index (χ2v) is 8.60. The van der Waals surface area contributed by atoms with E-state index in [1.807, 2.05) is 5.38 Å². The Morgan fingerprint density at radius 2 is 2.10 bits per heavy atom. The third kappa shape index (κ3) is 2.65. The summed E-state index contributed by atoms with van der Waals surface area (Å²) < 4.78 is 27.6. The van der Waals surface area contributed by atoms with Crippen LogP contribution in [0.15, 0.2) is 15.7 Å². The standard InChI is InChI=1S/C13H21N3O2S2/c14-8-11-7-13(19-10-11)20(17,18)16-6-2-5-15-4-1-3-12(15)9-16/h7,10,12H,1-6,8-9,14H2. The van der Waals surface area contributed by atoms with Crippen LogP contribution in [0.3, 0.4) is 0 Å². The van der Waals surface area contributed by atoms with Gasteiger partial charge in [0.15, 0.2) is 0 Å². The monoisotopic (exact) mass is 315 g/mol. The first-order valence-corrected chi connectivity index (χ1v) is 9.45. The predicted molar refractivity (Wildman–Crippen MR) is 80.2 cm³/mol. The Morgan fingerprint density at radius 1 is 1.30 bits per heavy atom. The first-order chi connectivity index (χ1) is 9.61. The van der Waals surface area contributed by atoms with Gasteiger partial charge in [0.05, 0.1) is 0 Å². The summed E-state index contributed by atoms with van der Waals surface area (Å²) in [6, 6.07) is 2.12. The zero-order valence-electron chi connectivity index (χ0n) is 11.5. The summed E-state index contributed by atoms with van der Waals surface area (Å²) in [6.45, 7) is 3.80. The molecule has 0 bridgehead atoms. The van der Waals surface area contributed by atoms with Gasteiger partial charge in [-0.15, -0.1) is 11.3 Å². The fourth-order valence-corrected chi connectivity index (χ4v) is 6.00. The van der Waals surface area contributed by atoms with Crippen LogP contribution in [-0.4, -0.2) is 49.8 Å². The maximum absolute atomic E-state index is 12.7. The number of hydrogen-bond donors (Lipinski definition) is 1. The second-order valence-electron chi connectivity index (χ2n) is 5.53. The molecule has 5 nitrogen and oxygen atoms in total. The smallest absolute Gasteiger partial charge is 0.252 e. The molecule has 0 amide bonds. The van der Waals surface area contributed by atoms with Crippen molar-refractivity contribution in [3.63, 3.8) is 0 Å². The maximum atomic E-state index is 12.7. The number of nitrogens with two attached hydrogens (primary N) is 1. The quantitative estimate of drug-likeness (QED) is 0.906. The molecule has 1 aromatic heterocycles. The van der Waals surface area contributed by atoms with Gasteiger partial charge in [-0.1, -0.05) is 0 Å². The van der Waals surface area contributed by atoms with Crippen molar-refractivity contribution < 1.29 is 8.42 Å². The molecule has 112 valence electrons. The Bertz CT molecular complexity index is 570. The fraction of sp³-hybridized carbons (Fsp3) is 0.692. The van der Waals surface area contributed by atoms with Crippen molar-refractivity contribution >= 4 is 21.4 Å². The topological polar surface area (TPSA) is 66.6 Å². The van der Waals surface area contributed by atoms with Gasteiger partial charge in [-0.2, -0.15) is 4.31 Å². The van der Waals surface area contributed by atoms with Crippen molar-refractivity contribution in [1.29, 1.82) is 0 Å². The van der Waals surface area contributed by atoms with Gasteiger partial charge in [-0.05, 0) is 49.4 Å². The van der Waals surface area contributed by atoms with E-state index in [-0.39, 0.29) is 0 Å². The van der Waals surface area contributed by atoms with Crippen LogP contribution < -0.4 is 5.73 Å². The molecule has 0 saturated carbocycles. The van der Waals surface area contributed by atoms with Gasteiger partial charge in [-0.3, -0.25) is 4.90 Å². The van der Waals surface area contributed by atoms with Gasteiger partial charge in [0.2, 0.25) is 0 Å². The summed E-state index contributed by atoms with van der Waals surface area (Å²) in [5.74, 6) is 0. The number of rotatable bonds is 3. The van der Waals surface area contributed by atoms with Gasteiger partial charge >= 0.3 is 0 Å². The highest BCUT2D eigenvalue weighted by Gasteiger charge is 2.34. The van der Waals surface area contributed by atoms with Gasteiger partial charge in [0.25, 0.3) is 10.0 Å². The molecule has 2 fully saturated rings. The van der Waals surface area contributed by atoms with Crippen LogP contribution in [-0.2, 0) is 16.6 Å². The molecular weight excluding hydrogens is 294 g/mol. The molecule has 1 atom stereocenters. The van der Waals surface area contributed by atoms with Crippen molar-refractivity contribution in [3.05, 3.63) is 17.0 Å². The third-order valence-corrected chi connectivity index (χ3v) is 7.55. The van der Waals surface area contributed by atoms with Gasteiger partial charge in [-0.25, -0.2) is 8.42 Å². The number of sulfonamides is 1. The molecule has 3 heterocycles. The van der Waals surface area contributed by atoms with Crippen molar-refractivity contribution in [2.45, 2.75) is 36.1 Å². The number of nitrogens with zero attached hydrogens (tertiary/aromatic N) is 2. The predicted octanol–water partition coefficient (Wildman–Crippen LogP) is 1.07. The molecule has 2 saturated heterocycles. The van der Waals surface area contributed by atoms with Gasteiger partial charge in [0.1, 0.15) is 4.21 Å². The van der Waals surface area contributed by atoms with E-state index in [4.69, 9.17) is 5.73 Å². The highest BCUT2D eigenvalue weighted by atomic mass is 32.2. The minimum Gasteiger partial charge on any atom is -0.326 e. The molecule has 1 aromatic rings. The van der Waals surface area contributed by atoms with Gasteiger partial charge < -0.3 is 5.73 Å². The summed E-state index contributed by atoms with van der Waals surface area (Å²) in [5, 5.41) is 1.84. The molecule has 2 N–H and O–H groups in total. The molecule has 0 spiro atoms. The number of hydrogen-bond acceptors (Lipinski definition) is 5. The van der Waals surface area contributed by atoms with E-state index in [2.05, 4.69) is 4.90 Å². The first-order valence-electron chi connectivity index (χ1n) is 7.13. The maximum Gasteiger partial charge on any atom is 0.252 e. The highest BCUT2D eigenvalue weighted by Crippen LogP contribution is 2.28. The molecule has 0 aliphatic carbocycles. The van der Waals surface area contributed by atoms with Crippen LogP contribution in [0.4, 0.5) is 0 Å². The van der Waals surface area contributed by atoms with E-state index < -0.39 is 10.0 Å². The molecule has 3 rings (SSSR count). The minimum atomic E-state index is -3.34. The molecule has 0 radical (unpaired) electrons. The Morgan fingerprint density at radius 3 is 2.85 bits per heavy atom. The van der Waals surface area contributed by atoms with Crippen LogP contribution in [0.5, 0.6) is 0 Å². The van der Waals surface area contributed by atoms with Gasteiger partial charge in [0, 0.05) is 25.7 Å². The van der Waals surface area contributed by atoms with Crippen LogP contribution in [0.1, 0.15) is 24.8 Å². The summed E-state index contributed by atoms with van der Waals surface area (Å²) >= 11 is 1.28. The van der Waals surface area contributed by atoms with E-state index in [0.29, 0.717) is 29.9 Å². The zero-order chi connectivity index (χ0) is 14.2. The third-order valence-electron chi connectivity index (χ3n) is 4.23. The Kier molecular flexibility index (Phi) is 4.14. The molecule has 2 aliphatic heterocycles. The van der Waals surface area contributed by atoms with Crippen LogP contribution in [0, 0.1) is 0 Å². The lowest BCUT2D eigenvalue weighted by atomic mass is 10.2. The lowest BCUT2D eigenvalue weighted by Gasteiger charge is -2.24. The first kappa shape index (κ1) is 14.5. The minimum absolute atomic E-state index is 0.391. The molecule has 0 aromatic carbocycles. The van der Waals surface area contributed by atoms with E-state index in [9.17, 15) is 8.42 Å². The summed E-state index contributed by atoms with van der Waals surface area (Å²) in [7, 11) is -3.34. The summed E-state index contributed by atoms with van der Waals surface area (Å²) in [4.78, 5) is 2.44. The van der Waals surface area contributed by atoms with Crippen LogP contribution in [0.2, 0.25) is 0 Å². The fourth-order valence-electron chi connectivity index (χ4n) is 3.11. The van der Waals surface area contributed by atoms with E-state index in [1.165, 1.54) is 17.8 Å². The van der Waals surface area contributed by atoms with Crippen LogP contribution in [0.25, 0.3) is 0 Å². The van der Waals surface area contributed by atoms with E-state index in [1.54, 1.807) is 10.4 Å². The molecule has 20 heavy (non-hydrogen) atoms. The molecule has 7 heteroatoms. The van der Waals surface area contributed by atoms with Crippen molar-refractivity contribution in [2.24, 2.45) is 5.73 Å². The largest absolute Gasteiger partial charge is 0.326 e. The average molecular weight is 315 g/mol. The molecule has 1 unspecified atom stereocenters. The van der Waals surface area contributed by atoms with E-state index in [0.717, 1.165) is 31.5 Å². The molecule has 2 aliphatic rings. The number of thiophene rings is 1. The molecular formula is C13H21N3O2S2.